The maximum absolute atomic E-state index is 5.89. The van der Waals surface area contributed by atoms with Gasteiger partial charge in [0.15, 0.2) is 5.96 Å². The van der Waals surface area contributed by atoms with E-state index in [2.05, 4.69) is 59.7 Å². The smallest absolute Gasteiger partial charge is 0.191 e. The number of aliphatic imine (C=N–C) groups is 1. The summed E-state index contributed by atoms with van der Waals surface area (Å²) in [5, 5.41) is 6.82. The fourth-order valence-corrected chi connectivity index (χ4v) is 3.28. The average molecular weight is 556 g/mol. The Labute approximate surface area is 209 Å². The molecule has 0 saturated heterocycles. The number of ether oxygens (including phenoxy) is 3. The van der Waals surface area contributed by atoms with Gasteiger partial charge < -0.3 is 29.7 Å². The van der Waals surface area contributed by atoms with Crippen molar-refractivity contribution in [3.8, 4) is 11.5 Å². The number of halogens is 1. The molecule has 0 aliphatic rings. The van der Waals surface area contributed by atoms with Gasteiger partial charge in [-0.1, -0.05) is 30.3 Å². The number of likely N-dealkylation sites (N-methyl/N-ethyl adjacent to an activating group) is 1. The van der Waals surface area contributed by atoms with Crippen molar-refractivity contribution >= 4 is 29.9 Å². The van der Waals surface area contributed by atoms with Crippen LogP contribution in [0.3, 0.4) is 0 Å². The van der Waals surface area contributed by atoms with Crippen LogP contribution >= 0.6 is 24.0 Å². The summed E-state index contributed by atoms with van der Waals surface area (Å²) in [5.41, 5.74) is 3.35. The number of nitrogens with zero attached hydrogens (tertiary/aromatic N) is 2. The topological polar surface area (TPSA) is 67.4 Å². The van der Waals surface area contributed by atoms with Crippen LogP contribution in [-0.2, 0) is 11.3 Å². The Hall–Kier alpha value is -2.04. The van der Waals surface area contributed by atoms with E-state index in [-0.39, 0.29) is 30.0 Å². The predicted octanol–water partition coefficient (Wildman–Crippen LogP) is 3.61. The summed E-state index contributed by atoms with van der Waals surface area (Å²) >= 11 is 0. The fourth-order valence-electron chi connectivity index (χ4n) is 3.28. The summed E-state index contributed by atoms with van der Waals surface area (Å²) < 4.78 is 16.5. The number of hydrogen-bond donors (Lipinski definition) is 2. The largest absolute Gasteiger partial charge is 0.496 e. The van der Waals surface area contributed by atoms with Gasteiger partial charge in [-0.2, -0.15) is 0 Å². The van der Waals surface area contributed by atoms with Gasteiger partial charge in [-0.25, -0.2) is 0 Å². The highest BCUT2D eigenvalue weighted by molar-refractivity contribution is 14.0. The number of nitrogens with one attached hydrogen (secondary N) is 2. The molecule has 0 aromatic heterocycles. The van der Waals surface area contributed by atoms with E-state index in [9.17, 15) is 0 Å². The van der Waals surface area contributed by atoms with Crippen molar-refractivity contribution in [2.75, 3.05) is 55.1 Å². The molecular weight excluding hydrogens is 519 g/mol. The third-order valence-corrected chi connectivity index (χ3v) is 5.02. The molecule has 2 aromatic rings. The lowest BCUT2D eigenvalue weighted by Gasteiger charge is -2.27. The molecule has 2 aromatic carbocycles. The minimum Gasteiger partial charge on any atom is -0.496 e. The molecule has 32 heavy (non-hydrogen) atoms. The first-order valence-electron chi connectivity index (χ1n) is 10.4. The van der Waals surface area contributed by atoms with Crippen molar-refractivity contribution in [1.82, 2.24) is 15.5 Å². The van der Waals surface area contributed by atoms with E-state index in [1.54, 1.807) is 21.3 Å². The third-order valence-electron chi connectivity index (χ3n) is 5.02. The van der Waals surface area contributed by atoms with Crippen LogP contribution < -0.4 is 20.1 Å². The maximum atomic E-state index is 5.89. The van der Waals surface area contributed by atoms with Crippen LogP contribution in [0.15, 0.2) is 47.5 Å². The second kappa shape index (κ2) is 14.9. The zero-order valence-corrected chi connectivity index (χ0v) is 22.3. The number of guanidine groups is 1. The first-order valence-corrected chi connectivity index (χ1v) is 10.4. The highest BCUT2D eigenvalue weighted by Gasteiger charge is 2.18. The molecule has 2 N–H and O–H groups in total. The lowest BCUT2D eigenvalue weighted by atomic mass is 10.0. The van der Waals surface area contributed by atoms with Gasteiger partial charge in [0.05, 0.1) is 19.8 Å². The number of methoxy groups -OCH3 is 2. The van der Waals surface area contributed by atoms with Crippen LogP contribution in [0, 0.1) is 6.92 Å². The summed E-state index contributed by atoms with van der Waals surface area (Å²) in [6.45, 7) is 4.41. The molecule has 0 heterocycles. The molecule has 2 rings (SSSR count). The molecule has 8 heteroatoms. The summed E-state index contributed by atoms with van der Waals surface area (Å²) in [7, 11) is 9.27. The molecule has 0 fully saturated rings. The Bertz CT molecular complexity index is 846. The van der Waals surface area contributed by atoms with Crippen LogP contribution in [0.5, 0.6) is 11.5 Å². The molecule has 0 bridgehead atoms. The van der Waals surface area contributed by atoms with Crippen molar-refractivity contribution in [3.63, 3.8) is 0 Å². The van der Waals surface area contributed by atoms with Gasteiger partial charge in [0.1, 0.15) is 18.1 Å². The number of benzene rings is 2. The van der Waals surface area contributed by atoms with Crippen molar-refractivity contribution in [2.45, 2.75) is 19.5 Å². The standard InChI is InChI=1S/C24H36N4O3.HI/c1-18-11-12-19(23(15-18)31-14-13-29-5)16-26-24(25-2)27-17-21(28(3)4)20-9-7-8-10-22(20)30-6;/h7-12,15,21H,13-14,16-17H2,1-6H3,(H2,25,26,27);1H. The SMILES string of the molecule is CN=C(NCc1ccc(C)cc1OCCOC)NCC(c1ccccc1OC)N(C)C.I. The first-order chi connectivity index (χ1) is 15.0. The minimum absolute atomic E-state index is 0. The summed E-state index contributed by atoms with van der Waals surface area (Å²) in [5.74, 6) is 2.47. The second-order valence-corrected chi connectivity index (χ2v) is 7.48. The Morgan fingerprint density at radius 3 is 2.44 bits per heavy atom. The lowest BCUT2D eigenvalue weighted by molar-refractivity contribution is 0.145. The predicted molar refractivity (Wildman–Crippen MR) is 142 cm³/mol. The fraction of sp³-hybridized carbons (Fsp3) is 0.458. The third kappa shape index (κ3) is 8.48. The van der Waals surface area contributed by atoms with Crippen LogP contribution in [0.25, 0.3) is 0 Å². The number of rotatable bonds is 11. The Morgan fingerprint density at radius 1 is 1.03 bits per heavy atom. The first kappa shape index (κ1) is 28.0. The van der Waals surface area contributed by atoms with E-state index in [0.29, 0.717) is 26.3 Å². The van der Waals surface area contributed by atoms with Gasteiger partial charge in [-0.3, -0.25) is 4.99 Å². The summed E-state index contributed by atoms with van der Waals surface area (Å²) in [6.07, 6.45) is 0. The number of para-hydroxylation sites is 1. The van der Waals surface area contributed by atoms with Crippen LogP contribution in [0.4, 0.5) is 0 Å². The lowest BCUT2D eigenvalue weighted by Crippen LogP contribution is -2.41. The van der Waals surface area contributed by atoms with E-state index in [1.807, 2.05) is 24.3 Å². The molecule has 0 spiro atoms. The van der Waals surface area contributed by atoms with Crippen molar-refractivity contribution in [2.24, 2.45) is 4.99 Å². The molecule has 0 aliphatic heterocycles. The number of aryl methyl sites for hydroxylation is 1. The van der Waals surface area contributed by atoms with Crippen molar-refractivity contribution < 1.29 is 14.2 Å². The van der Waals surface area contributed by atoms with Crippen LogP contribution in [-0.4, -0.2) is 66.0 Å². The molecule has 0 aliphatic carbocycles. The number of hydrogen-bond acceptors (Lipinski definition) is 5. The normalized spacial score (nSPS) is 12.2. The molecule has 1 unspecified atom stereocenters. The van der Waals surface area contributed by atoms with Crippen molar-refractivity contribution in [1.29, 1.82) is 0 Å². The van der Waals surface area contributed by atoms with E-state index in [4.69, 9.17) is 14.2 Å². The molecule has 0 amide bonds. The maximum Gasteiger partial charge on any atom is 0.191 e. The van der Waals surface area contributed by atoms with E-state index in [1.165, 1.54) is 0 Å². The molecule has 1 atom stereocenters. The van der Waals surface area contributed by atoms with E-state index in [0.717, 1.165) is 34.1 Å². The van der Waals surface area contributed by atoms with Gasteiger partial charge in [-0.05, 0) is 38.7 Å². The monoisotopic (exact) mass is 556 g/mol. The molecule has 7 nitrogen and oxygen atoms in total. The zero-order chi connectivity index (χ0) is 22.6. The van der Waals surface area contributed by atoms with Gasteiger partial charge in [0.25, 0.3) is 0 Å². The Balaban J connectivity index is 0.00000512. The molecule has 0 saturated carbocycles. The quantitative estimate of drug-likeness (QED) is 0.191. The Kier molecular flexibility index (Phi) is 13.0. The van der Waals surface area contributed by atoms with Crippen LogP contribution in [0.1, 0.15) is 22.7 Å². The van der Waals surface area contributed by atoms with Gasteiger partial charge in [0.2, 0.25) is 0 Å². The molecule has 178 valence electrons. The van der Waals surface area contributed by atoms with Crippen LogP contribution in [0.2, 0.25) is 0 Å². The van der Waals surface area contributed by atoms with Crippen molar-refractivity contribution in [3.05, 3.63) is 59.2 Å². The van der Waals surface area contributed by atoms with Gasteiger partial charge in [-0.15, -0.1) is 24.0 Å². The van der Waals surface area contributed by atoms with Gasteiger partial charge >= 0.3 is 0 Å². The van der Waals surface area contributed by atoms with Gasteiger partial charge in [0, 0.05) is 38.4 Å². The summed E-state index contributed by atoms with van der Waals surface area (Å²) in [6, 6.07) is 14.4. The minimum atomic E-state index is 0. The molecule has 0 radical (unpaired) electrons. The van der Waals surface area contributed by atoms with E-state index < -0.39 is 0 Å². The highest BCUT2D eigenvalue weighted by atomic mass is 127. The highest BCUT2D eigenvalue weighted by Crippen LogP contribution is 2.27. The summed E-state index contributed by atoms with van der Waals surface area (Å²) in [4.78, 5) is 6.54. The molecular formula is C24H37IN4O3. The second-order valence-electron chi connectivity index (χ2n) is 7.48. The average Bonchev–Trinajstić information content (AvgIpc) is 2.77. The zero-order valence-electron chi connectivity index (χ0n) is 20.0. The Morgan fingerprint density at radius 2 is 1.78 bits per heavy atom. The van der Waals surface area contributed by atoms with E-state index >= 15 is 0 Å².